The molecule has 0 radical (unpaired) electrons. The highest BCUT2D eigenvalue weighted by atomic mass is 16.4. The highest BCUT2D eigenvalue weighted by Gasteiger charge is 2.13. The summed E-state index contributed by atoms with van der Waals surface area (Å²) in [4.78, 5) is 8.84. The van der Waals surface area contributed by atoms with E-state index in [2.05, 4.69) is 16.0 Å². The van der Waals surface area contributed by atoms with Crippen molar-refractivity contribution in [3.8, 4) is 0 Å². The first-order valence-electron chi connectivity index (χ1n) is 5.45. The predicted molar refractivity (Wildman–Crippen MR) is 65.0 cm³/mol. The molecule has 0 spiro atoms. The van der Waals surface area contributed by atoms with Crippen LogP contribution in [0.1, 0.15) is 5.89 Å². The van der Waals surface area contributed by atoms with Crippen molar-refractivity contribution in [1.82, 2.24) is 14.4 Å². The Morgan fingerprint density at radius 2 is 2.00 bits per heavy atom. The van der Waals surface area contributed by atoms with Gasteiger partial charge in [-0.15, -0.1) is 0 Å². The first kappa shape index (κ1) is 8.75. The fraction of sp³-hybridized carbons (Fsp3) is 0.0769. The molecule has 0 saturated carbocycles. The summed E-state index contributed by atoms with van der Waals surface area (Å²) in [5.74, 6) is 0.673. The fourth-order valence-corrected chi connectivity index (χ4v) is 2.31. The number of nitrogens with zero attached hydrogens (tertiary/aromatic N) is 3. The van der Waals surface area contributed by atoms with Gasteiger partial charge in [0, 0.05) is 30.1 Å². The Labute approximate surface area is 96.5 Å². The zero-order valence-electron chi connectivity index (χ0n) is 9.21. The lowest BCUT2D eigenvalue weighted by Crippen LogP contribution is -1.87. The third-order valence-electron chi connectivity index (χ3n) is 3.00. The first-order valence-corrected chi connectivity index (χ1v) is 5.45. The Kier molecular flexibility index (Phi) is 1.47. The van der Waals surface area contributed by atoms with Crippen molar-refractivity contribution >= 4 is 27.6 Å². The van der Waals surface area contributed by atoms with E-state index >= 15 is 0 Å². The summed E-state index contributed by atoms with van der Waals surface area (Å²) < 4.78 is 7.60. The Bertz CT molecular complexity index is 857. The molecule has 0 atom stereocenters. The summed E-state index contributed by atoms with van der Waals surface area (Å²) >= 11 is 0. The molecule has 0 amide bonds. The van der Waals surface area contributed by atoms with Gasteiger partial charge in [-0.25, -0.2) is 9.97 Å². The van der Waals surface area contributed by atoms with Crippen molar-refractivity contribution in [2.75, 3.05) is 0 Å². The van der Waals surface area contributed by atoms with Gasteiger partial charge in [-0.2, -0.15) is 0 Å². The van der Waals surface area contributed by atoms with Crippen LogP contribution in [0.4, 0.5) is 0 Å². The number of aromatic nitrogens is 3. The molecule has 0 aliphatic rings. The molecule has 17 heavy (non-hydrogen) atoms. The molecule has 0 bridgehead atoms. The van der Waals surface area contributed by atoms with Gasteiger partial charge in [-0.1, -0.05) is 24.3 Å². The molecule has 1 aromatic carbocycles. The average molecular weight is 223 g/mol. The van der Waals surface area contributed by atoms with Gasteiger partial charge >= 0.3 is 0 Å². The molecule has 0 fully saturated rings. The van der Waals surface area contributed by atoms with Crippen molar-refractivity contribution in [3.05, 3.63) is 42.5 Å². The third-order valence-corrected chi connectivity index (χ3v) is 3.00. The minimum absolute atomic E-state index is 0.673. The largest absolute Gasteiger partial charge is 0.424 e. The SMILES string of the molecule is Cc1nc2c3ccccc3c3nccn3c2o1. The second-order valence-corrected chi connectivity index (χ2v) is 4.05. The second kappa shape index (κ2) is 2.85. The minimum Gasteiger partial charge on any atom is -0.424 e. The number of hydrogen-bond acceptors (Lipinski definition) is 3. The smallest absolute Gasteiger partial charge is 0.234 e. The van der Waals surface area contributed by atoms with Gasteiger partial charge in [0.25, 0.3) is 0 Å². The molecular weight excluding hydrogens is 214 g/mol. The Morgan fingerprint density at radius 1 is 1.18 bits per heavy atom. The molecule has 4 aromatic rings. The summed E-state index contributed by atoms with van der Waals surface area (Å²) in [6, 6.07) is 8.12. The van der Waals surface area contributed by atoms with Crippen LogP contribution in [0.25, 0.3) is 27.6 Å². The van der Waals surface area contributed by atoms with E-state index in [0.717, 1.165) is 27.6 Å². The maximum absolute atomic E-state index is 5.66. The highest BCUT2D eigenvalue weighted by molar-refractivity contribution is 6.08. The van der Waals surface area contributed by atoms with E-state index in [4.69, 9.17) is 4.42 Å². The molecule has 0 N–H and O–H groups in total. The van der Waals surface area contributed by atoms with Gasteiger partial charge in [-0.05, 0) is 0 Å². The number of benzene rings is 1. The maximum Gasteiger partial charge on any atom is 0.234 e. The van der Waals surface area contributed by atoms with Gasteiger partial charge in [0.05, 0.1) is 0 Å². The summed E-state index contributed by atoms with van der Waals surface area (Å²) in [5, 5.41) is 2.18. The number of oxazole rings is 1. The van der Waals surface area contributed by atoms with Crippen molar-refractivity contribution in [1.29, 1.82) is 0 Å². The monoisotopic (exact) mass is 223 g/mol. The third kappa shape index (κ3) is 1.02. The van der Waals surface area contributed by atoms with Crippen LogP contribution >= 0.6 is 0 Å². The van der Waals surface area contributed by atoms with Crippen LogP contribution in [0, 0.1) is 6.92 Å². The first-order chi connectivity index (χ1) is 8.34. The number of pyridine rings is 1. The lowest BCUT2D eigenvalue weighted by molar-refractivity contribution is 0.548. The van der Waals surface area contributed by atoms with Gasteiger partial charge in [0.15, 0.2) is 5.89 Å². The molecule has 3 heterocycles. The molecule has 0 saturated heterocycles. The van der Waals surface area contributed by atoms with Gasteiger partial charge in [0.1, 0.15) is 11.2 Å². The van der Waals surface area contributed by atoms with E-state index < -0.39 is 0 Å². The molecule has 4 rings (SSSR count). The normalized spacial score (nSPS) is 11.8. The topological polar surface area (TPSA) is 43.3 Å². The summed E-state index contributed by atoms with van der Waals surface area (Å²) in [6.07, 6.45) is 3.67. The van der Waals surface area contributed by atoms with Crippen molar-refractivity contribution in [2.24, 2.45) is 0 Å². The average Bonchev–Trinajstić information content (AvgIpc) is 2.94. The maximum atomic E-state index is 5.66. The van der Waals surface area contributed by atoms with Crippen molar-refractivity contribution < 1.29 is 4.42 Å². The van der Waals surface area contributed by atoms with E-state index in [-0.39, 0.29) is 0 Å². The number of aryl methyl sites for hydroxylation is 1. The molecule has 0 aliphatic carbocycles. The van der Waals surface area contributed by atoms with E-state index in [9.17, 15) is 0 Å². The number of hydrogen-bond donors (Lipinski definition) is 0. The number of fused-ring (bicyclic) bond motifs is 6. The van der Waals surface area contributed by atoms with E-state index in [1.54, 1.807) is 6.20 Å². The Morgan fingerprint density at radius 3 is 2.88 bits per heavy atom. The lowest BCUT2D eigenvalue weighted by Gasteiger charge is -2.01. The van der Waals surface area contributed by atoms with Gasteiger partial charge < -0.3 is 4.42 Å². The Balaban J connectivity index is 2.47. The van der Waals surface area contributed by atoms with Crippen LogP contribution in [0.3, 0.4) is 0 Å². The molecule has 4 heteroatoms. The van der Waals surface area contributed by atoms with Gasteiger partial charge in [-0.3, -0.25) is 4.40 Å². The molecule has 0 unspecified atom stereocenters. The molecule has 0 aliphatic heterocycles. The molecule has 82 valence electrons. The van der Waals surface area contributed by atoms with Crippen LogP contribution in [-0.2, 0) is 0 Å². The molecule has 3 aromatic heterocycles. The van der Waals surface area contributed by atoms with Crippen molar-refractivity contribution in [2.45, 2.75) is 6.92 Å². The van der Waals surface area contributed by atoms with Crippen LogP contribution in [-0.4, -0.2) is 14.4 Å². The van der Waals surface area contributed by atoms with E-state index in [1.165, 1.54) is 0 Å². The van der Waals surface area contributed by atoms with Crippen LogP contribution in [0.5, 0.6) is 0 Å². The molecule has 4 nitrogen and oxygen atoms in total. The van der Waals surface area contributed by atoms with E-state index in [0.29, 0.717) is 5.89 Å². The molecular formula is C13H9N3O. The quantitative estimate of drug-likeness (QED) is 0.460. The second-order valence-electron chi connectivity index (χ2n) is 4.05. The zero-order chi connectivity index (χ0) is 11.4. The predicted octanol–water partition coefficient (Wildman–Crippen LogP) is 2.94. The summed E-state index contributed by atoms with van der Waals surface area (Å²) in [7, 11) is 0. The zero-order valence-corrected chi connectivity index (χ0v) is 9.21. The standard InChI is InChI=1S/C13H9N3O/c1-8-15-11-9-4-2-3-5-10(9)12-14-6-7-16(12)13(11)17-8/h2-7H,1H3. The lowest BCUT2D eigenvalue weighted by atomic mass is 10.1. The Hall–Kier alpha value is -2.36. The van der Waals surface area contributed by atoms with Crippen LogP contribution in [0.15, 0.2) is 41.1 Å². The van der Waals surface area contributed by atoms with E-state index in [1.807, 2.05) is 35.7 Å². The van der Waals surface area contributed by atoms with Gasteiger partial charge in [0.2, 0.25) is 5.71 Å². The summed E-state index contributed by atoms with van der Waals surface area (Å²) in [6.45, 7) is 1.86. The van der Waals surface area contributed by atoms with Crippen LogP contribution in [0.2, 0.25) is 0 Å². The highest BCUT2D eigenvalue weighted by Crippen LogP contribution is 2.28. The minimum atomic E-state index is 0.673. The summed E-state index contributed by atoms with van der Waals surface area (Å²) in [5.41, 5.74) is 2.56. The van der Waals surface area contributed by atoms with Crippen LogP contribution < -0.4 is 0 Å². The number of imidazole rings is 1. The number of rotatable bonds is 0. The van der Waals surface area contributed by atoms with Crippen molar-refractivity contribution in [3.63, 3.8) is 0 Å². The fourth-order valence-electron chi connectivity index (χ4n) is 2.31.